The van der Waals surface area contributed by atoms with Crippen molar-refractivity contribution in [1.82, 2.24) is 0 Å². The molecule has 0 saturated carbocycles. The van der Waals surface area contributed by atoms with Crippen molar-refractivity contribution >= 4 is 23.5 Å². The van der Waals surface area contributed by atoms with Gasteiger partial charge in [-0.05, 0) is 37.1 Å². The number of halogens is 1. The Morgan fingerprint density at radius 3 is 3.00 bits per heavy atom. The molecule has 2 nitrogen and oxygen atoms in total. The van der Waals surface area contributed by atoms with Gasteiger partial charge in [0.05, 0.1) is 11.1 Å². The topological polar surface area (TPSA) is 24.7 Å². The van der Waals surface area contributed by atoms with E-state index in [1.165, 1.54) is 11.1 Å². The van der Waals surface area contributed by atoms with Crippen LogP contribution in [-0.2, 0) is 0 Å². The Morgan fingerprint density at radius 2 is 2.20 bits per heavy atom. The summed E-state index contributed by atoms with van der Waals surface area (Å²) in [4.78, 5) is 8.13. The molecule has 0 aromatic rings. The molecule has 0 radical (unpaired) electrons. The predicted octanol–water partition coefficient (Wildman–Crippen LogP) is 2.87. The van der Waals surface area contributed by atoms with Gasteiger partial charge >= 0.3 is 0 Å². The van der Waals surface area contributed by atoms with Crippen molar-refractivity contribution in [2.24, 2.45) is 15.4 Å². The van der Waals surface area contributed by atoms with E-state index in [0.717, 1.165) is 5.71 Å². The smallest absolute Gasteiger partial charge is 0.167 e. The third kappa shape index (κ3) is 0.864. The molecule has 2 atom stereocenters. The van der Waals surface area contributed by atoms with Gasteiger partial charge < -0.3 is 0 Å². The van der Waals surface area contributed by atoms with Crippen molar-refractivity contribution in [1.29, 1.82) is 0 Å². The van der Waals surface area contributed by atoms with Gasteiger partial charge in [0.25, 0.3) is 0 Å². The maximum atomic E-state index is 6.56. The largest absolute Gasteiger partial charge is 0.263 e. The Bertz CT molecular complexity index is 496. The Balaban J connectivity index is 2.35. The molecule has 0 amide bonds. The van der Waals surface area contributed by atoms with E-state index in [-0.39, 0.29) is 5.41 Å². The van der Waals surface area contributed by atoms with Crippen LogP contribution in [0.5, 0.6) is 0 Å². The SMILES string of the molecule is CC1=CC2(Cl)N=CC3=NC=CC=C1C32C. The summed E-state index contributed by atoms with van der Waals surface area (Å²) >= 11 is 6.56. The summed E-state index contributed by atoms with van der Waals surface area (Å²) in [6, 6.07) is 0. The van der Waals surface area contributed by atoms with E-state index in [4.69, 9.17) is 11.6 Å². The van der Waals surface area contributed by atoms with E-state index in [9.17, 15) is 0 Å². The fraction of sp³-hybridized carbons (Fsp3) is 0.333. The number of alkyl halides is 1. The molecule has 15 heavy (non-hydrogen) atoms. The van der Waals surface area contributed by atoms with Crippen LogP contribution in [0, 0.1) is 5.41 Å². The monoisotopic (exact) mass is 218 g/mol. The number of aliphatic imine (C=N–C) groups is 2. The molecule has 3 aliphatic rings. The molecule has 0 aromatic carbocycles. The second-order valence-corrected chi connectivity index (χ2v) is 4.90. The molecule has 0 spiro atoms. The summed E-state index contributed by atoms with van der Waals surface area (Å²) in [5.41, 5.74) is 3.08. The maximum Gasteiger partial charge on any atom is 0.167 e. The molecule has 0 N–H and O–H groups in total. The molecule has 2 heterocycles. The number of nitrogens with zero attached hydrogens (tertiary/aromatic N) is 2. The lowest BCUT2D eigenvalue weighted by atomic mass is 9.76. The highest BCUT2D eigenvalue weighted by atomic mass is 35.5. The number of hydrogen-bond acceptors (Lipinski definition) is 2. The summed E-state index contributed by atoms with van der Waals surface area (Å²) in [5, 5.41) is 0. The first kappa shape index (κ1) is 9.10. The van der Waals surface area contributed by atoms with Crippen LogP contribution in [0.3, 0.4) is 0 Å². The first-order valence-corrected chi connectivity index (χ1v) is 5.35. The van der Waals surface area contributed by atoms with Gasteiger partial charge in [-0.1, -0.05) is 17.7 Å². The zero-order chi connectivity index (χ0) is 10.7. The van der Waals surface area contributed by atoms with Crippen LogP contribution in [0.2, 0.25) is 0 Å². The molecule has 2 aliphatic heterocycles. The molecule has 76 valence electrons. The van der Waals surface area contributed by atoms with E-state index >= 15 is 0 Å². The molecule has 0 aromatic heterocycles. The Kier molecular flexibility index (Phi) is 1.52. The van der Waals surface area contributed by atoms with Gasteiger partial charge in [0, 0.05) is 12.4 Å². The van der Waals surface area contributed by atoms with Crippen molar-refractivity contribution in [3.05, 3.63) is 35.6 Å². The predicted molar refractivity (Wildman–Crippen MR) is 63.6 cm³/mol. The third-order valence-electron chi connectivity index (χ3n) is 3.52. The van der Waals surface area contributed by atoms with E-state index in [0.29, 0.717) is 0 Å². The molecule has 1 aliphatic carbocycles. The van der Waals surface area contributed by atoms with Crippen molar-refractivity contribution < 1.29 is 0 Å². The average molecular weight is 219 g/mol. The number of allylic oxidation sites excluding steroid dienone is 3. The fourth-order valence-electron chi connectivity index (χ4n) is 2.58. The molecule has 0 saturated heterocycles. The molecule has 0 bridgehead atoms. The first-order chi connectivity index (χ1) is 7.08. The van der Waals surface area contributed by atoms with Crippen LogP contribution in [0.4, 0.5) is 0 Å². The van der Waals surface area contributed by atoms with E-state index < -0.39 is 5.00 Å². The summed E-state index contributed by atoms with van der Waals surface area (Å²) in [7, 11) is 0. The standard InChI is InChI=1S/C12H11ClN2/c1-8-6-12(13)11(2)9(8)4-3-5-14-10(11)7-15-12/h3-7H,1-2H3. The molecular weight excluding hydrogens is 208 g/mol. The van der Waals surface area contributed by atoms with Gasteiger partial charge in [-0.15, -0.1) is 0 Å². The molecule has 3 rings (SSSR count). The van der Waals surface area contributed by atoms with Gasteiger partial charge in [0.15, 0.2) is 5.00 Å². The zero-order valence-electron chi connectivity index (χ0n) is 8.66. The average Bonchev–Trinajstić information content (AvgIpc) is 2.45. The van der Waals surface area contributed by atoms with E-state index in [2.05, 4.69) is 29.9 Å². The van der Waals surface area contributed by atoms with Gasteiger partial charge in [-0.3, -0.25) is 9.98 Å². The first-order valence-electron chi connectivity index (χ1n) is 4.97. The minimum atomic E-state index is -0.659. The van der Waals surface area contributed by atoms with Crippen LogP contribution in [0.25, 0.3) is 0 Å². The van der Waals surface area contributed by atoms with Crippen molar-refractivity contribution in [2.75, 3.05) is 0 Å². The highest BCUT2D eigenvalue weighted by Crippen LogP contribution is 2.57. The van der Waals surface area contributed by atoms with Gasteiger partial charge in [0.2, 0.25) is 0 Å². The molecule has 3 heteroatoms. The van der Waals surface area contributed by atoms with E-state index in [1.807, 2.05) is 12.2 Å². The highest BCUT2D eigenvalue weighted by Gasteiger charge is 2.58. The Hall–Kier alpha value is -1.15. The van der Waals surface area contributed by atoms with Crippen molar-refractivity contribution in [2.45, 2.75) is 18.8 Å². The number of rotatable bonds is 0. The van der Waals surface area contributed by atoms with Crippen LogP contribution < -0.4 is 0 Å². The summed E-state index contributed by atoms with van der Waals surface area (Å²) in [6.07, 6.45) is 9.66. The lowest BCUT2D eigenvalue weighted by Gasteiger charge is -2.31. The normalized spacial score (nSPS) is 40.9. The Morgan fingerprint density at radius 1 is 1.40 bits per heavy atom. The summed E-state index contributed by atoms with van der Waals surface area (Å²) in [6.45, 7) is 4.18. The molecular formula is C12H11ClN2. The van der Waals surface area contributed by atoms with Gasteiger partial charge in [-0.2, -0.15) is 0 Å². The van der Waals surface area contributed by atoms with Crippen molar-refractivity contribution in [3.63, 3.8) is 0 Å². The van der Waals surface area contributed by atoms with Gasteiger partial charge in [-0.25, -0.2) is 0 Å². The van der Waals surface area contributed by atoms with E-state index in [1.54, 1.807) is 12.4 Å². The maximum absolute atomic E-state index is 6.56. The minimum absolute atomic E-state index is 0.290. The second-order valence-electron chi connectivity index (χ2n) is 4.32. The number of hydrogen-bond donors (Lipinski definition) is 0. The lowest BCUT2D eigenvalue weighted by molar-refractivity contribution is 0.498. The zero-order valence-corrected chi connectivity index (χ0v) is 9.42. The van der Waals surface area contributed by atoms with Crippen molar-refractivity contribution in [3.8, 4) is 0 Å². The Labute approximate surface area is 93.8 Å². The van der Waals surface area contributed by atoms with Gasteiger partial charge in [0.1, 0.15) is 0 Å². The quantitative estimate of drug-likeness (QED) is 0.441. The molecule has 2 unspecified atom stereocenters. The van der Waals surface area contributed by atoms with Crippen LogP contribution >= 0.6 is 11.6 Å². The van der Waals surface area contributed by atoms with Crippen LogP contribution in [-0.4, -0.2) is 16.9 Å². The van der Waals surface area contributed by atoms with Crippen LogP contribution in [0.1, 0.15) is 13.8 Å². The molecule has 0 fully saturated rings. The summed E-state index contributed by atoms with van der Waals surface area (Å²) < 4.78 is 0. The minimum Gasteiger partial charge on any atom is -0.263 e. The highest BCUT2D eigenvalue weighted by molar-refractivity contribution is 6.43. The second kappa shape index (κ2) is 2.50. The van der Waals surface area contributed by atoms with Crippen LogP contribution in [0.15, 0.2) is 45.6 Å². The third-order valence-corrected chi connectivity index (χ3v) is 4.11. The lowest BCUT2D eigenvalue weighted by Crippen LogP contribution is -2.38. The summed E-state index contributed by atoms with van der Waals surface area (Å²) in [5.74, 6) is 0. The fourth-order valence-corrected chi connectivity index (χ4v) is 2.99.